The van der Waals surface area contributed by atoms with Gasteiger partial charge in [-0.3, -0.25) is 9.11 Å². The molecule has 1 aromatic heterocycles. The second kappa shape index (κ2) is 8.92. The fourth-order valence-corrected chi connectivity index (χ4v) is 5.56. The summed E-state index contributed by atoms with van der Waals surface area (Å²) >= 11 is 0. The number of hydrogen-bond donors (Lipinski definition) is 2. The van der Waals surface area contributed by atoms with Gasteiger partial charge in [0, 0.05) is 12.7 Å². The molecule has 3 heterocycles. The Morgan fingerprint density at radius 3 is 2.66 bits per heavy atom. The van der Waals surface area contributed by atoms with E-state index in [1.807, 2.05) is 24.3 Å². The Hall–Kier alpha value is -1.80. The van der Waals surface area contributed by atoms with Crippen LogP contribution in [-0.2, 0) is 0 Å². The summed E-state index contributed by atoms with van der Waals surface area (Å²) < 4.78 is 33.4. The van der Waals surface area contributed by atoms with Crippen molar-refractivity contribution in [1.82, 2.24) is 9.88 Å². The molecule has 0 unspecified atom stereocenters. The van der Waals surface area contributed by atoms with Crippen LogP contribution in [0.5, 0.6) is 11.5 Å². The van der Waals surface area contributed by atoms with Crippen molar-refractivity contribution in [2.24, 2.45) is 0 Å². The Kier molecular flexibility index (Phi) is 6.29. The third kappa shape index (κ3) is 4.53. The van der Waals surface area contributed by atoms with Crippen LogP contribution in [0.25, 0.3) is 0 Å². The summed E-state index contributed by atoms with van der Waals surface area (Å²) in [5, 5.41) is -0.237. The molecule has 0 bridgehead atoms. The van der Waals surface area contributed by atoms with Crippen LogP contribution in [0.15, 0.2) is 47.6 Å². The molecule has 2 N–H and O–H groups in total. The first-order valence-corrected chi connectivity index (χ1v) is 12.0. The van der Waals surface area contributed by atoms with Crippen LogP contribution in [-0.4, -0.2) is 50.5 Å². The van der Waals surface area contributed by atoms with Gasteiger partial charge < -0.3 is 14.4 Å². The van der Waals surface area contributed by atoms with Crippen molar-refractivity contribution >= 4 is 10.6 Å². The van der Waals surface area contributed by atoms with E-state index in [-0.39, 0.29) is 5.03 Å². The third-order valence-electron chi connectivity index (χ3n) is 5.76. The second-order valence-corrected chi connectivity index (χ2v) is 10.1. The molecule has 158 valence electrons. The lowest BCUT2D eigenvalue weighted by atomic mass is 10.1. The van der Waals surface area contributed by atoms with E-state index in [2.05, 4.69) is 9.88 Å². The second-order valence-electron chi connectivity index (χ2n) is 7.82. The van der Waals surface area contributed by atoms with Crippen LogP contribution in [0.1, 0.15) is 44.3 Å². The van der Waals surface area contributed by atoms with Crippen molar-refractivity contribution in [1.29, 1.82) is 0 Å². The maximum atomic E-state index is 10.7. The molecule has 0 amide bonds. The van der Waals surface area contributed by atoms with E-state index >= 15 is 0 Å². The zero-order valence-corrected chi connectivity index (χ0v) is 17.7. The number of likely N-dealkylation sites (tertiary alicyclic amines) is 1. The number of fused-ring (bicyclic) bond motifs is 1. The third-order valence-corrected chi connectivity index (χ3v) is 7.92. The molecule has 29 heavy (non-hydrogen) atoms. The highest BCUT2D eigenvalue weighted by molar-refractivity contribution is 8.24. The monoisotopic (exact) mass is 418 g/mol. The number of rotatable bonds is 6. The average Bonchev–Trinajstić information content (AvgIpc) is 2.75. The Morgan fingerprint density at radius 2 is 1.90 bits per heavy atom. The largest absolute Gasteiger partial charge is 0.494 e. The Bertz CT molecular complexity index is 809. The van der Waals surface area contributed by atoms with E-state index in [0.29, 0.717) is 12.4 Å². The van der Waals surface area contributed by atoms with E-state index in [4.69, 9.17) is 9.47 Å². The first-order chi connectivity index (χ1) is 14.1. The summed E-state index contributed by atoms with van der Waals surface area (Å²) in [5.41, 5.74) is 0.896. The average molecular weight is 419 g/mol. The van der Waals surface area contributed by atoms with Crippen molar-refractivity contribution in [3.05, 3.63) is 48.2 Å². The van der Waals surface area contributed by atoms with Crippen LogP contribution < -0.4 is 9.47 Å². The van der Waals surface area contributed by atoms with Crippen molar-refractivity contribution in [2.75, 3.05) is 26.2 Å². The molecule has 2 aromatic rings. The normalized spacial score (nSPS) is 24.9. The van der Waals surface area contributed by atoms with Crippen molar-refractivity contribution < 1.29 is 18.6 Å². The lowest BCUT2D eigenvalue weighted by Crippen LogP contribution is -2.32. The van der Waals surface area contributed by atoms with Crippen LogP contribution in [0, 0.1) is 0 Å². The minimum Gasteiger partial charge on any atom is -0.494 e. The highest BCUT2D eigenvalue weighted by atomic mass is 32.3. The molecule has 0 spiro atoms. The summed E-state index contributed by atoms with van der Waals surface area (Å²) in [6.07, 6.45) is 6.13. The van der Waals surface area contributed by atoms with Crippen molar-refractivity contribution in [2.45, 2.75) is 49.0 Å². The minimum absolute atomic E-state index is 0.248. The summed E-state index contributed by atoms with van der Waals surface area (Å²) in [6, 6.07) is 11.2. The number of pyridine rings is 1. The van der Waals surface area contributed by atoms with Gasteiger partial charge in [-0.2, -0.15) is 0 Å². The Labute approximate surface area is 174 Å². The van der Waals surface area contributed by atoms with E-state index in [1.54, 1.807) is 25.3 Å². The lowest BCUT2D eigenvalue weighted by molar-refractivity contribution is 0.178. The number of ether oxygens (including phenoxy) is 2. The number of piperidine rings is 1. The van der Waals surface area contributed by atoms with E-state index < -0.39 is 21.9 Å². The molecule has 0 saturated carbocycles. The van der Waals surface area contributed by atoms with Gasteiger partial charge in [0.05, 0.1) is 11.9 Å². The quantitative estimate of drug-likeness (QED) is 0.645. The van der Waals surface area contributed by atoms with E-state index in [0.717, 1.165) is 24.3 Å². The number of aromatic nitrogens is 1. The molecular formula is C22H30N2O4S. The molecule has 7 heteroatoms. The van der Waals surface area contributed by atoms with Gasteiger partial charge in [-0.1, -0.05) is 18.6 Å². The highest BCUT2D eigenvalue weighted by Gasteiger charge is 2.41. The van der Waals surface area contributed by atoms with Gasteiger partial charge in [-0.15, -0.1) is 10.6 Å². The van der Waals surface area contributed by atoms with Gasteiger partial charge in [0.15, 0.2) is 10.8 Å². The van der Waals surface area contributed by atoms with Crippen LogP contribution >= 0.6 is 10.6 Å². The molecule has 4 rings (SSSR count). The van der Waals surface area contributed by atoms with E-state index in [1.165, 1.54) is 32.4 Å². The molecule has 2 aliphatic heterocycles. The van der Waals surface area contributed by atoms with Gasteiger partial charge in [0.2, 0.25) is 0 Å². The molecule has 6 nitrogen and oxygen atoms in total. The van der Waals surface area contributed by atoms with Crippen molar-refractivity contribution in [3.8, 4) is 11.5 Å². The predicted molar refractivity (Wildman–Crippen MR) is 115 cm³/mol. The van der Waals surface area contributed by atoms with Crippen molar-refractivity contribution in [3.63, 3.8) is 0 Å². The van der Waals surface area contributed by atoms with Gasteiger partial charge in [-0.05, 0) is 69.1 Å². The maximum Gasteiger partial charge on any atom is 0.189 e. The Balaban J connectivity index is 1.35. The highest BCUT2D eigenvalue weighted by Crippen LogP contribution is 2.62. The number of hydrogen-bond acceptors (Lipinski definition) is 6. The minimum atomic E-state index is -3.03. The molecule has 1 aromatic carbocycles. The zero-order valence-electron chi connectivity index (χ0n) is 16.9. The number of benzene rings is 1. The number of nitrogens with zero attached hydrogens (tertiary/aromatic N) is 2. The zero-order chi connectivity index (χ0) is 20.3. The molecule has 1 saturated heterocycles. The van der Waals surface area contributed by atoms with Crippen LogP contribution in [0.2, 0.25) is 0 Å². The topological polar surface area (TPSA) is 75.1 Å². The summed E-state index contributed by atoms with van der Waals surface area (Å²) in [6.45, 7) is 6.02. The SMILES string of the molecule is C[C@H]1[C@H](c2ccc(OCCCN3CCCCC3)cc2)Oc2cccnc2S1(O)O. The summed E-state index contributed by atoms with van der Waals surface area (Å²) in [5.74, 6) is 1.26. The fraction of sp³-hybridized carbons (Fsp3) is 0.500. The molecule has 0 radical (unpaired) electrons. The first-order valence-electron chi connectivity index (χ1n) is 10.4. The predicted octanol–water partition coefficient (Wildman–Crippen LogP) is 4.97. The Morgan fingerprint density at radius 1 is 1.14 bits per heavy atom. The van der Waals surface area contributed by atoms with Gasteiger partial charge in [0.25, 0.3) is 0 Å². The van der Waals surface area contributed by atoms with Gasteiger partial charge in [-0.25, -0.2) is 4.98 Å². The smallest absolute Gasteiger partial charge is 0.189 e. The molecule has 1 fully saturated rings. The fourth-order valence-electron chi connectivity index (χ4n) is 4.03. The lowest BCUT2D eigenvalue weighted by Gasteiger charge is -2.45. The molecular weight excluding hydrogens is 388 g/mol. The maximum absolute atomic E-state index is 10.7. The molecule has 0 aliphatic carbocycles. The van der Waals surface area contributed by atoms with Gasteiger partial charge in [0.1, 0.15) is 11.9 Å². The van der Waals surface area contributed by atoms with E-state index in [9.17, 15) is 9.11 Å². The molecule has 2 aliphatic rings. The molecule has 2 atom stereocenters. The first kappa shape index (κ1) is 20.5. The van der Waals surface area contributed by atoms with Gasteiger partial charge >= 0.3 is 0 Å². The van der Waals surface area contributed by atoms with Crippen LogP contribution in [0.3, 0.4) is 0 Å². The summed E-state index contributed by atoms with van der Waals surface area (Å²) in [4.78, 5) is 6.65. The standard InChI is InChI=1S/C22H30N2O4S/c1-17-21(28-20-7-5-12-23-22(20)29(17,25)26)18-8-10-19(11-9-18)27-16-6-15-24-13-3-2-4-14-24/h5,7-12,17,21,25-26H,2-4,6,13-16H2,1H3/t17-,21+/m0/s1. The van der Waals surface area contributed by atoms with Crippen LogP contribution in [0.4, 0.5) is 0 Å². The summed E-state index contributed by atoms with van der Waals surface area (Å²) in [7, 11) is -3.03.